The lowest BCUT2D eigenvalue weighted by Gasteiger charge is -2.31. The van der Waals surface area contributed by atoms with Crippen molar-refractivity contribution < 1.29 is 53.3 Å². The molecule has 1 aliphatic rings. The van der Waals surface area contributed by atoms with Crippen molar-refractivity contribution >= 4 is 47.5 Å². The third-order valence-corrected chi connectivity index (χ3v) is 10.1. The Labute approximate surface area is 349 Å². The largest absolute Gasteiger partial charge is 0.508 e. The smallest absolute Gasteiger partial charge is 0.328 e. The zero-order valence-electron chi connectivity index (χ0n) is 34.8. The van der Waals surface area contributed by atoms with Gasteiger partial charge in [-0.1, -0.05) is 56.3 Å². The van der Waals surface area contributed by atoms with Gasteiger partial charge in [0.15, 0.2) is 0 Å². The molecule has 60 heavy (non-hydrogen) atoms. The fourth-order valence-electron chi connectivity index (χ4n) is 6.44. The summed E-state index contributed by atoms with van der Waals surface area (Å²) >= 11 is 0. The Hall–Kier alpha value is -6.20. The van der Waals surface area contributed by atoms with Gasteiger partial charge in [-0.15, -0.1) is 0 Å². The van der Waals surface area contributed by atoms with Crippen molar-refractivity contribution in [2.45, 2.75) is 115 Å². The summed E-state index contributed by atoms with van der Waals surface area (Å²) in [5.41, 5.74) is 1.53. The molecule has 1 aliphatic heterocycles. The molecule has 0 aromatic heterocycles. The van der Waals surface area contributed by atoms with E-state index in [9.17, 15) is 48.6 Å². The van der Waals surface area contributed by atoms with Crippen LogP contribution in [0.4, 0.5) is 4.79 Å². The number of carboxylic acid groups (broad SMARTS) is 1. The average molecular weight is 838 g/mol. The summed E-state index contributed by atoms with van der Waals surface area (Å²) in [7, 11) is 1.41. The Morgan fingerprint density at radius 1 is 0.867 bits per heavy atom. The highest BCUT2D eigenvalue weighted by Gasteiger charge is 2.35. The van der Waals surface area contributed by atoms with E-state index < -0.39 is 96.1 Å². The van der Waals surface area contributed by atoms with Crippen LogP contribution in [0.5, 0.6) is 5.75 Å². The number of carbonyl (C=O) groups is 8. The van der Waals surface area contributed by atoms with Gasteiger partial charge in [0, 0.05) is 26.4 Å². The van der Waals surface area contributed by atoms with Crippen molar-refractivity contribution in [3.8, 4) is 5.75 Å². The van der Waals surface area contributed by atoms with Crippen LogP contribution in [0.3, 0.4) is 0 Å². The van der Waals surface area contributed by atoms with Crippen LogP contribution >= 0.6 is 0 Å². The van der Waals surface area contributed by atoms with E-state index in [1.165, 1.54) is 31.0 Å². The van der Waals surface area contributed by atoms with E-state index in [2.05, 4.69) is 31.9 Å². The molecule has 3 rings (SSSR count). The fourth-order valence-corrected chi connectivity index (χ4v) is 6.44. The van der Waals surface area contributed by atoms with Gasteiger partial charge in [-0.2, -0.15) is 0 Å². The first kappa shape index (κ1) is 48.2. The van der Waals surface area contributed by atoms with Crippen LogP contribution in [0.1, 0.15) is 77.3 Å². The van der Waals surface area contributed by atoms with E-state index in [-0.39, 0.29) is 57.4 Å². The van der Waals surface area contributed by atoms with Crippen molar-refractivity contribution in [2.24, 2.45) is 5.92 Å². The van der Waals surface area contributed by atoms with Crippen LogP contribution in [0.2, 0.25) is 0 Å². The number of aryl methyl sites for hydroxylation is 1. The predicted octanol–water partition coefficient (Wildman–Crippen LogP) is 1.29. The van der Waals surface area contributed by atoms with Crippen LogP contribution in [0, 0.1) is 5.92 Å². The summed E-state index contributed by atoms with van der Waals surface area (Å²) in [5, 5.41) is 35.0. The lowest BCUT2D eigenvalue weighted by molar-refractivity contribution is -0.146. The number of hydrogen-bond donors (Lipinski definition) is 8. The van der Waals surface area contributed by atoms with Gasteiger partial charge in [0.1, 0.15) is 42.0 Å². The molecule has 7 amide bonds. The van der Waals surface area contributed by atoms with Crippen LogP contribution in [0.15, 0.2) is 54.6 Å². The number of hydrogen-bond acceptors (Lipinski definition) is 10. The van der Waals surface area contributed by atoms with Crippen molar-refractivity contribution in [3.05, 3.63) is 65.7 Å². The van der Waals surface area contributed by atoms with E-state index in [1.54, 1.807) is 45.0 Å². The summed E-state index contributed by atoms with van der Waals surface area (Å²) in [4.78, 5) is 108. The van der Waals surface area contributed by atoms with Gasteiger partial charge in [0.25, 0.3) is 0 Å². The predicted molar refractivity (Wildman–Crippen MR) is 219 cm³/mol. The summed E-state index contributed by atoms with van der Waals surface area (Å²) in [6, 6.07) is 7.30. The average Bonchev–Trinajstić information content (AvgIpc) is 3.21. The molecule has 1 saturated heterocycles. The second-order valence-electron chi connectivity index (χ2n) is 15.1. The zero-order valence-corrected chi connectivity index (χ0v) is 34.8. The standard InChI is InChI=1S/C42H59N7O11/c1-6-60-41(58)32(21-22-34(51)52)47-42(59)46-30-14-10-11-23-43-37(54)33(24-28-12-8-7-9-13-28)45-36(53)26(4)49(5)40(57)31(20-17-27-15-18-29(50)19-16-27)44-39(56)35(25(2)3)48-38(30)55/h7-9,12-13,15-16,18-19,25-26,30-33,35,50H,6,10-11,14,17,20-24H2,1-5H3,(H,43,54)(H,44,56)(H,45,53)(H,48,55)(H,51,52)(H2,46,47,59). The number of rotatable bonds is 13. The quantitative estimate of drug-likeness (QED) is 0.133. The fraction of sp³-hybridized carbons (Fsp3) is 0.524. The topological polar surface area (TPSA) is 262 Å². The summed E-state index contributed by atoms with van der Waals surface area (Å²) < 4.78 is 5.00. The number of nitrogens with zero attached hydrogens (tertiary/aromatic N) is 1. The number of phenolic OH excluding ortho intramolecular Hbond substituents is 1. The maximum atomic E-state index is 14.2. The molecule has 2 aromatic rings. The summed E-state index contributed by atoms with van der Waals surface area (Å²) in [6.45, 7) is 6.53. The number of phenols is 1. The van der Waals surface area contributed by atoms with E-state index in [4.69, 9.17) is 4.74 Å². The molecule has 1 heterocycles. The van der Waals surface area contributed by atoms with Gasteiger partial charge in [-0.05, 0) is 81.5 Å². The molecule has 0 spiro atoms. The highest BCUT2D eigenvalue weighted by molar-refractivity contribution is 5.96. The second-order valence-corrected chi connectivity index (χ2v) is 15.1. The molecule has 0 bridgehead atoms. The molecular weight excluding hydrogens is 778 g/mol. The Balaban J connectivity index is 1.97. The maximum Gasteiger partial charge on any atom is 0.328 e. The first-order valence-electron chi connectivity index (χ1n) is 20.2. The van der Waals surface area contributed by atoms with Crippen molar-refractivity contribution in [1.29, 1.82) is 0 Å². The van der Waals surface area contributed by atoms with Crippen molar-refractivity contribution in [2.75, 3.05) is 20.2 Å². The minimum atomic E-state index is -1.34. The number of aliphatic carboxylic acids is 1. The normalized spacial score (nSPS) is 21.8. The van der Waals surface area contributed by atoms with Crippen LogP contribution in [-0.2, 0) is 51.1 Å². The van der Waals surface area contributed by atoms with Gasteiger partial charge in [-0.25, -0.2) is 9.59 Å². The Kier molecular flexibility index (Phi) is 19.3. The monoisotopic (exact) mass is 837 g/mol. The lowest BCUT2D eigenvalue weighted by Crippen LogP contribution is -2.60. The number of ether oxygens (including phenoxy) is 1. The van der Waals surface area contributed by atoms with Crippen molar-refractivity contribution in [3.63, 3.8) is 0 Å². The number of likely N-dealkylation sites (N-methyl/N-ethyl adjacent to an activating group) is 1. The Morgan fingerprint density at radius 3 is 2.17 bits per heavy atom. The van der Waals surface area contributed by atoms with E-state index >= 15 is 0 Å². The van der Waals surface area contributed by atoms with Crippen LogP contribution in [-0.4, -0.2) is 119 Å². The first-order chi connectivity index (χ1) is 28.5. The first-order valence-corrected chi connectivity index (χ1v) is 20.2. The lowest BCUT2D eigenvalue weighted by atomic mass is 9.99. The van der Waals surface area contributed by atoms with Gasteiger partial charge in [0.2, 0.25) is 29.5 Å². The Bertz CT molecular complexity index is 1790. The summed E-state index contributed by atoms with van der Waals surface area (Å²) in [6.07, 6.45) is 0.394. The molecule has 18 nitrogen and oxygen atoms in total. The highest BCUT2D eigenvalue weighted by Crippen LogP contribution is 2.15. The molecule has 18 heteroatoms. The molecule has 6 atom stereocenters. The number of aromatic hydroxyl groups is 1. The molecule has 0 radical (unpaired) electrons. The highest BCUT2D eigenvalue weighted by atomic mass is 16.5. The number of benzene rings is 2. The van der Waals surface area contributed by atoms with Gasteiger partial charge in [-0.3, -0.25) is 28.8 Å². The molecule has 0 aliphatic carbocycles. The van der Waals surface area contributed by atoms with Gasteiger partial charge >= 0.3 is 18.0 Å². The number of urea groups is 1. The van der Waals surface area contributed by atoms with Crippen LogP contribution < -0.4 is 31.9 Å². The van der Waals surface area contributed by atoms with E-state index in [0.29, 0.717) is 6.42 Å². The third kappa shape index (κ3) is 15.5. The van der Waals surface area contributed by atoms with Gasteiger partial charge < -0.3 is 51.8 Å². The minimum Gasteiger partial charge on any atom is -0.508 e. The minimum absolute atomic E-state index is 0.0149. The number of carboxylic acids is 1. The molecule has 2 aromatic carbocycles. The third-order valence-electron chi connectivity index (χ3n) is 10.1. The zero-order chi connectivity index (χ0) is 44.4. The summed E-state index contributed by atoms with van der Waals surface area (Å²) in [5.74, 6) is -5.69. The maximum absolute atomic E-state index is 14.2. The number of esters is 1. The molecule has 6 unspecified atom stereocenters. The molecular formula is C42H59N7O11. The van der Waals surface area contributed by atoms with Gasteiger partial charge in [0.05, 0.1) is 6.61 Å². The second kappa shape index (κ2) is 24.0. The van der Waals surface area contributed by atoms with E-state index in [0.717, 1.165) is 11.1 Å². The Morgan fingerprint density at radius 2 is 1.53 bits per heavy atom. The van der Waals surface area contributed by atoms with Crippen molar-refractivity contribution in [1.82, 2.24) is 36.8 Å². The molecule has 1 fully saturated rings. The molecule has 328 valence electrons. The van der Waals surface area contributed by atoms with Crippen LogP contribution in [0.25, 0.3) is 0 Å². The molecule has 0 saturated carbocycles. The number of amides is 7. The number of nitrogens with one attached hydrogen (secondary N) is 6. The van der Waals surface area contributed by atoms with E-state index in [1.807, 2.05) is 18.2 Å². The molecule has 8 N–H and O–H groups in total. The number of carbonyl (C=O) groups excluding carboxylic acids is 7. The SMILES string of the molecule is CCOC(=O)C(CCC(=O)O)NC(=O)NC1CCCCNC(=O)C(Cc2ccccc2)NC(=O)C(C)N(C)C(=O)C(CCc2ccc(O)cc2)NC(=O)C(C(C)C)NC1=O.